The summed E-state index contributed by atoms with van der Waals surface area (Å²) in [7, 11) is 2.08. The maximum absolute atomic E-state index is 6.11. The highest BCUT2D eigenvalue weighted by Gasteiger charge is 2.23. The lowest BCUT2D eigenvalue weighted by atomic mass is 10.1. The first-order valence-electron chi connectivity index (χ1n) is 6.62. The van der Waals surface area contributed by atoms with Crippen molar-refractivity contribution in [1.29, 1.82) is 0 Å². The minimum absolute atomic E-state index is 0.0148. The van der Waals surface area contributed by atoms with Crippen LogP contribution in [-0.4, -0.2) is 18.0 Å². The smallest absolute Gasteiger partial charge is 0.122 e. The van der Waals surface area contributed by atoms with Gasteiger partial charge >= 0.3 is 0 Å². The Morgan fingerprint density at radius 2 is 2.05 bits per heavy atom. The molecule has 0 radical (unpaired) electrons. The summed E-state index contributed by atoms with van der Waals surface area (Å²) in [6.45, 7) is 4.98. The number of rotatable bonds is 5. The predicted octanol–water partition coefficient (Wildman–Crippen LogP) is 3.11. The van der Waals surface area contributed by atoms with Crippen LogP contribution in [0.4, 0.5) is 0 Å². The molecule has 0 bridgehead atoms. The molecule has 3 heteroatoms. The third-order valence-electron chi connectivity index (χ3n) is 3.32. The van der Waals surface area contributed by atoms with E-state index >= 15 is 0 Å². The molecular formula is C16H22N2O. The summed E-state index contributed by atoms with van der Waals surface area (Å²) in [5.74, 6) is 0.921. The highest BCUT2D eigenvalue weighted by Crippen LogP contribution is 2.24. The van der Waals surface area contributed by atoms with Gasteiger partial charge in [0, 0.05) is 12.6 Å². The molecular weight excluding hydrogens is 236 g/mol. The zero-order valence-corrected chi connectivity index (χ0v) is 11.8. The summed E-state index contributed by atoms with van der Waals surface area (Å²) in [5.41, 5.74) is 8.68. The molecule has 102 valence electrons. The van der Waals surface area contributed by atoms with Gasteiger partial charge in [-0.2, -0.15) is 0 Å². The first-order chi connectivity index (χ1) is 9.08. The molecule has 2 aromatic rings. The second-order valence-corrected chi connectivity index (χ2v) is 5.22. The molecule has 0 amide bonds. The molecule has 1 heterocycles. The van der Waals surface area contributed by atoms with Crippen LogP contribution < -0.4 is 5.73 Å². The van der Waals surface area contributed by atoms with Crippen LogP contribution in [0.5, 0.6) is 0 Å². The summed E-state index contributed by atoms with van der Waals surface area (Å²) in [6, 6.07) is 12.6. The van der Waals surface area contributed by atoms with Gasteiger partial charge in [0.05, 0.1) is 12.3 Å². The van der Waals surface area contributed by atoms with Crippen LogP contribution in [0.1, 0.15) is 29.9 Å². The van der Waals surface area contributed by atoms with Gasteiger partial charge in [0.2, 0.25) is 0 Å². The fraction of sp³-hybridized carbons (Fsp3) is 0.375. The third kappa shape index (κ3) is 3.46. The van der Waals surface area contributed by atoms with E-state index in [-0.39, 0.29) is 12.1 Å². The monoisotopic (exact) mass is 258 g/mol. The Hall–Kier alpha value is -1.58. The highest BCUT2D eigenvalue weighted by atomic mass is 16.3. The van der Waals surface area contributed by atoms with Crippen LogP contribution in [-0.2, 0) is 6.54 Å². The Kier molecular flexibility index (Phi) is 4.40. The van der Waals surface area contributed by atoms with Crippen LogP contribution in [0.3, 0.4) is 0 Å². The zero-order chi connectivity index (χ0) is 13.8. The van der Waals surface area contributed by atoms with Crippen molar-refractivity contribution in [2.24, 2.45) is 5.73 Å². The molecule has 2 unspecified atom stereocenters. The molecule has 2 atom stereocenters. The normalized spacial score (nSPS) is 14.6. The van der Waals surface area contributed by atoms with Gasteiger partial charge in [-0.3, -0.25) is 4.90 Å². The van der Waals surface area contributed by atoms with E-state index in [2.05, 4.69) is 43.1 Å². The molecule has 0 spiro atoms. The van der Waals surface area contributed by atoms with Crippen LogP contribution in [0.2, 0.25) is 0 Å². The van der Waals surface area contributed by atoms with Crippen LogP contribution >= 0.6 is 0 Å². The van der Waals surface area contributed by atoms with Gasteiger partial charge in [0.15, 0.2) is 0 Å². The number of likely N-dealkylation sites (N-methyl/N-ethyl adjacent to an activating group) is 1. The van der Waals surface area contributed by atoms with Crippen molar-refractivity contribution in [1.82, 2.24) is 4.90 Å². The van der Waals surface area contributed by atoms with Crippen molar-refractivity contribution >= 4 is 0 Å². The summed E-state index contributed by atoms with van der Waals surface area (Å²) in [6.07, 6.45) is 1.70. The maximum atomic E-state index is 6.11. The number of furan rings is 1. The minimum Gasteiger partial charge on any atom is -0.468 e. The summed E-state index contributed by atoms with van der Waals surface area (Å²) >= 11 is 0. The second kappa shape index (κ2) is 6.04. The SMILES string of the molecule is Cc1cccc(CN(C)C(c2ccco2)C(C)N)c1. The minimum atomic E-state index is 0.0148. The number of hydrogen-bond acceptors (Lipinski definition) is 3. The number of hydrogen-bond donors (Lipinski definition) is 1. The van der Waals surface area contributed by atoms with Crippen molar-refractivity contribution in [2.75, 3.05) is 7.05 Å². The van der Waals surface area contributed by atoms with Crippen molar-refractivity contribution in [2.45, 2.75) is 32.5 Å². The largest absolute Gasteiger partial charge is 0.468 e. The first-order valence-corrected chi connectivity index (χ1v) is 6.62. The van der Waals surface area contributed by atoms with E-state index in [1.807, 2.05) is 19.1 Å². The first kappa shape index (κ1) is 13.8. The van der Waals surface area contributed by atoms with Gasteiger partial charge in [-0.15, -0.1) is 0 Å². The highest BCUT2D eigenvalue weighted by molar-refractivity contribution is 5.22. The molecule has 3 nitrogen and oxygen atoms in total. The van der Waals surface area contributed by atoms with Crippen molar-refractivity contribution in [3.8, 4) is 0 Å². The predicted molar refractivity (Wildman–Crippen MR) is 77.7 cm³/mol. The molecule has 0 aliphatic carbocycles. The molecule has 2 rings (SSSR count). The van der Waals surface area contributed by atoms with E-state index in [1.165, 1.54) is 11.1 Å². The van der Waals surface area contributed by atoms with E-state index in [0.717, 1.165) is 12.3 Å². The number of nitrogens with zero attached hydrogens (tertiary/aromatic N) is 1. The maximum Gasteiger partial charge on any atom is 0.122 e. The topological polar surface area (TPSA) is 42.4 Å². The van der Waals surface area contributed by atoms with Gasteiger partial charge in [-0.05, 0) is 38.6 Å². The molecule has 2 N–H and O–H groups in total. The van der Waals surface area contributed by atoms with Gasteiger partial charge in [0.25, 0.3) is 0 Å². The van der Waals surface area contributed by atoms with E-state index in [0.29, 0.717) is 0 Å². The van der Waals surface area contributed by atoms with Gasteiger partial charge < -0.3 is 10.2 Å². The van der Waals surface area contributed by atoms with Gasteiger partial charge in [-0.1, -0.05) is 29.8 Å². The van der Waals surface area contributed by atoms with Crippen molar-refractivity contribution in [3.63, 3.8) is 0 Å². The van der Waals surface area contributed by atoms with Crippen molar-refractivity contribution in [3.05, 3.63) is 59.5 Å². The summed E-state index contributed by atoms with van der Waals surface area (Å²) in [4.78, 5) is 2.23. The Labute approximate surface area is 115 Å². The molecule has 0 fully saturated rings. The zero-order valence-electron chi connectivity index (χ0n) is 11.8. The average molecular weight is 258 g/mol. The molecule has 0 aliphatic rings. The molecule has 0 aliphatic heterocycles. The second-order valence-electron chi connectivity index (χ2n) is 5.22. The van der Waals surface area contributed by atoms with Gasteiger partial charge in [0.1, 0.15) is 5.76 Å². The Balaban J connectivity index is 2.14. The van der Waals surface area contributed by atoms with E-state index in [4.69, 9.17) is 10.2 Å². The molecule has 1 aromatic heterocycles. The fourth-order valence-corrected chi connectivity index (χ4v) is 2.53. The Bertz CT molecular complexity index is 505. The van der Waals surface area contributed by atoms with Crippen LogP contribution in [0, 0.1) is 6.92 Å². The van der Waals surface area contributed by atoms with E-state index < -0.39 is 0 Å². The Morgan fingerprint density at radius 1 is 1.26 bits per heavy atom. The van der Waals surface area contributed by atoms with E-state index in [1.54, 1.807) is 6.26 Å². The summed E-state index contributed by atoms with van der Waals surface area (Å²) < 4.78 is 5.52. The lowest BCUT2D eigenvalue weighted by Crippen LogP contribution is -2.36. The van der Waals surface area contributed by atoms with Crippen molar-refractivity contribution < 1.29 is 4.42 Å². The molecule has 19 heavy (non-hydrogen) atoms. The lowest BCUT2D eigenvalue weighted by molar-refractivity contribution is 0.184. The standard InChI is InChI=1S/C16H22N2O/c1-12-6-4-7-14(10-12)11-18(3)16(13(2)17)15-8-5-9-19-15/h4-10,13,16H,11,17H2,1-3H3. The van der Waals surface area contributed by atoms with Crippen LogP contribution in [0.25, 0.3) is 0 Å². The van der Waals surface area contributed by atoms with E-state index in [9.17, 15) is 0 Å². The van der Waals surface area contributed by atoms with Gasteiger partial charge in [-0.25, -0.2) is 0 Å². The lowest BCUT2D eigenvalue weighted by Gasteiger charge is -2.29. The third-order valence-corrected chi connectivity index (χ3v) is 3.32. The number of nitrogens with two attached hydrogens (primary N) is 1. The quantitative estimate of drug-likeness (QED) is 0.896. The number of aryl methyl sites for hydroxylation is 1. The molecule has 0 saturated heterocycles. The fourth-order valence-electron chi connectivity index (χ4n) is 2.53. The molecule has 0 saturated carbocycles. The number of benzene rings is 1. The Morgan fingerprint density at radius 3 is 2.63 bits per heavy atom. The van der Waals surface area contributed by atoms with Crippen LogP contribution in [0.15, 0.2) is 47.1 Å². The molecule has 1 aromatic carbocycles. The average Bonchev–Trinajstić information content (AvgIpc) is 2.82. The summed E-state index contributed by atoms with van der Waals surface area (Å²) in [5, 5.41) is 0.